The van der Waals surface area contributed by atoms with Gasteiger partial charge in [0.05, 0.1) is 37.5 Å². The number of fused-ring (bicyclic) bond motifs is 2. The van der Waals surface area contributed by atoms with Crippen LogP contribution in [-0.4, -0.2) is 82.9 Å². The van der Waals surface area contributed by atoms with Crippen molar-refractivity contribution in [1.82, 2.24) is 28.7 Å². The van der Waals surface area contributed by atoms with Crippen LogP contribution in [0.25, 0.3) is 27.8 Å². The molecule has 7 rings (SSSR count). The summed E-state index contributed by atoms with van der Waals surface area (Å²) >= 11 is 18.8. The lowest BCUT2D eigenvalue weighted by molar-refractivity contribution is 0.230. The van der Waals surface area contributed by atoms with Gasteiger partial charge in [-0.1, -0.05) is 59.1 Å². The van der Waals surface area contributed by atoms with Crippen LogP contribution >= 0.6 is 45.0 Å². The fraction of sp³-hybridized carbons (Fsp3) is 0.206. The number of nitrogens with zero attached hydrogens (tertiary/aromatic N) is 6. The van der Waals surface area contributed by atoms with Crippen LogP contribution in [-0.2, 0) is 10.0 Å². The predicted octanol–water partition coefficient (Wildman–Crippen LogP) is 8.20. The Kier molecular flexibility index (Phi) is 9.35. The third-order valence-corrected chi connectivity index (χ3v) is 14.6. The molecule has 3 aromatic heterocycles. The molecule has 0 amide bonds. The van der Waals surface area contributed by atoms with Gasteiger partial charge in [-0.25, -0.2) is 27.8 Å². The first-order chi connectivity index (χ1) is 23.8. The number of rotatable bonds is 8. The number of benzene rings is 3. The topological polar surface area (TPSA) is 108 Å². The summed E-state index contributed by atoms with van der Waals surface area (Å²) < 4.78 is 48.9. The van der Waals surface area contributed by atoms with Gasteiger partial charge in [0.15, 0.2) is 5.82 Å². The van der Waals surface area contributed by atoms with Crippen LogP contribution in [0.2, 0.25) is 15.1 Å². The van der Waals surface area contributed by atoms with E-state index in [0.717, 1.165) is 43.1 Å². The number of aromatic nitrogens is 4. The Morgan fingerprint density at radius 2 is 1.60 bits per heavy atom. The highest BCUT2D eigenvalue weighted by Crippen LogP contribution is 2.56. The summed E-state index contributed by atoms with van der Waals surface area (Å²) in [6.45, 7) is 4.03. The maximum absolute atomic E-state index is 15.4. The number of sulfonamides is 1. The van der Waals surface area contributed by atoms with E-state index in [1.165, 1.54) is 35.5 Å². The van der Waals surface area contributed by atoms with Gasteiger partial charge >= 0.3 is 0 Å². The van der Waals surface area contributed by atoms with Crippen LogP contribution in [0.5, 0.6) is 0 Å². The van der Waals surface area contributed by atoms with Gasteiger partial charge in [-0.15, -0.1) is 0 Å². The average molecular weight is 774 g/mol. The smallest absolute Gasteiger partial charge is 0.263 e. The lowest BCUT2D eigenvalue weighted by Gasteiger charge is -2.47. The highest BCUT2D eigenvalue weighted by atomic mass is 35.5. The van der Waals surface area contributed by atoms with Crippen molar-refractivity contribution < 1.29 is 12.8 Å². The number of piperazine rings is 1. The van der Waals surface area contributed by atoms with E-state index in [4.69, 9.17) is 39.8 Å². The van der Waals surface area contributed by atoms with Gasteiger partial charge in [-0.3, -0.25) is 9.03 Å². The molecule has 1 aliphatic heterocycles. The Hall–Kier alpha value is -3.69. The van der Waals surface area contributed by atoms with Crippen molar-refractivity contribution in [3.63, 3.8) is 0 Å². The molecule has 1 aliphatic rings. The van der Waals surface area contributed by atoms with Crippen molar-refractivity contribution >= 4 is 94.2 Å². The Morgan fingerprint density at radius 1 is 0.840 bits per heavy atom. The zero-order chi connectivity index (χ0) is 35.4. The number of para-hydroxylation sites is 1. The van der Waals surface area contributed by atoms with Crippen molar-refractivity contribution in [1.29, 1.82) is 0 Å². The summed E-state index contributed by atoms with van der Waals surface area (Å²) in [5, 5.41) is 3.78. The molecule has 260 valence electrons. The van der Waals surface area contributed by atoms with Gasteiger partial charge in [0.2, 0.25) is 0 Å². The van der Waals surface area contributed by atoms with E-state index in [0.29, 0.717) is 16.9 Å². The van der Waals surface area contributed by atoms with Crippen LogP contribution in [0.1, 0.15) is 0 Å². The lowest BCUT2D eigenvalue weighted by atomic mass is 10.2. The fourth-order valence-corrected chi connectivity index (χ4v) is 10.6. The first-order valence-corrected chi connectivity index (χ1v) is 20.5. The molecule has 0 bridgehead atoms. The van der Waals surface area contributed by atoms with Crippen molar-refractivity contribution in [2.75, 3.05) is 55.8 Å². The zero-order valence-corrected chi connectivity index (χ0v) is 31.1. The standard InChI is InChI=1S/C34H32Cl3FN8O2S2/c1-44-15-17-45(18-16-44)49(2,3)28-19-46(26-9-5-4-7-21(26)28)29-14-13-25-33(41-29)34(40-20-39-25)42-32-23(38)11-12-24(31(32)37)43-50(47,48)27-10-6-8-22(35)30(27)36/h4-14,19-20,43H,15-18H2,1-3H3,(H,39,40,42). The van der Waals surface area contributed by atoms with Crippen molar-refractivity contribution in [2.24, 2.45) is 0 Å². The minimum absolute atomic E-state index is 0.0636. The molecule has 3 aromatic carbocycles. The fourth-order valence-electron chi connectivity index (χ4n) is 6.03. The number of hydrogen-bond donors (Lipinski definition) is 2. The Bertz CT molecular complexity index is 2380. The van der Waals surface area contributed by atoms with Gasteiger partial charge in [-0.05, 0) is 62.0 Å². The van der Waals surface area contributed by atoms with E-state index in [1.54, 1.807) is 0 Å². The maximum atomic E-state index is 15.4. The summed E-state index contributed by atoms with van der Waals surface area (Å²) in [4.78, 5) is 17.1. The molecular weight excluding hydrogens is 742 g/mol. The zero-order valence-electron chi connectivity index (χ0n) is 27.2. The predicted molar refractivity (Wildman–Crippen MR) is 203 cm³/mol. The van der Waals surface area contributed by atoms with Crippen LogP contribution in [0, 0.1) is 5.82 Å². The molecule has 1 fully saturated rings. The van der Waals surface area contributed by atoms with Crippen LogP contribution in [0.15, 0.2) is 89.0 Å². The Labute approximate surface area is 305 Å². The normalized spacial score (nSPS) is 15.1. The molecular formula is C34H32Cl3FN8O2S2. The van der Waals surface area contributed by atoms with Gasteiger partial charge in [-0.2, -0.15) is 10.2 Å². The maximum Gasteiger partial charge on any atom is 0.263 e. The summed E-state index contributed by atoms with van der Waals surface area (Å²) in [5.41, 5.74) is 1.58. The van der Waals surface area contributed by atoms with Crippen LogP contribution < -0.4 is 10.0 Å². The molecule has 2 N–H and O–H groups in total. The van der Waals surface area contributed by atoms with E-state index >= 15 is 4.39 Å². The minimum Gasteiger partial charge on any atom is -0.335 e. The lowest BCUT2D eigenvalue weighted by Crippen LogP contribution is -2.45. The monoisotopic (exact) mass is 772 g/mol. The molecule has 50 heavy (non-hydrogen) atoms. The molecule has 6 aromatic rings. The Balaban J connectivity index is 1.26. The molecule has 0 spiro atoms. The number of anilines is 3. The summed E-state index contributed by atoms with van der Waals surface area (Å²) in [5.74, 6) is 0.0605. The highest BCUT2D eigenvalue weighted by Gasteiger charge is 2.30. The van der Waals surface area contributed by atoms with E-state index in [2.05, 4.69) is 77.7 Å². The Morgan fingerprint density at radius 3 is 2.38 bits per heavy atom. The quantitative estimate of drug-likeness (QED) is 0.160. The minimum atomic E-state index is -4.24. The first kappa shape index (κ1) is 34.7. The van der Waals surface area contributed by atoms with Gasteiger partial charge in [0.25, 0.3) is 10.0 Å². The van der Waals surface area contributed by atoms with E-state index < -0.39 is 26.1 Å². The molecule has 0 aliphatic carbocycles. The number of pyridine rings is 1. The molecule has 16 heteroatoms. The second-order valence-electron chi connectivity index (χ2n) is 12.2. The number of likely N-dealkylation sites (N-methyl/N-ethyl adjacent to an activating group) is 1. The van der Waals surface area contributed by atoms with Gasteiger partial charge in [0.1, 0.15) is 28.4 Å². The second kappa shape index (κ2) is 13.5. The SMILES string of the molecule is CN1CCN(S(C)(C)c2cn(-c3ccc4ncnc(Nc5c(F)ccc(NS(=O)(=O)c6cccc(Cl)c6Cl)c5Cl)c4n3)c3ccccc23)CC1. The number of hydrogen-bond acceptors (Lipinski definition) is 8. The van der Waals surface area contributed by atoms with E-state index in [9.17, 15) is 8.42 Å². The van der Waals surface area contributed by atoms with Crippen molar-refractivity contribution in [3.05, 3.63) is 100 Å². The summed E-state index contributed by atoms with van der Waals surface area (Å²) in [6, 6.07) is 18.5. The van der Waals surface area contributed by atoms with E-state index in [-0.39, 0.29) is 37.2 Å². The summed E-state index contributed by atoms with van der Waals surface area (Å²) in [7, 11) is -3.43. The van der Waals surface area contributed by atoms with Gasteiger partial charge in [0, 0.05) is 42.7 Å². The molecule has 0 atom stereocenters. The summed E-state index contributed by atoms with van der Waals surface area (Å²) in [6.07, 6.45) is 8.17. The molecule has 0 unspecified atom stereocenters. The van der Waals surface area contributed by atoms with Crippen LogP contribution in [0.3, 0.4) is 0 Å². The molecule has 10 nitrogen and oxygen atoms in total. The molecule has 0 radical (unpaired) electrons. The van der Waals surface area contributed by atoms with Crippen molar-refractivity contribution in [2.45, 2.75) is 9.79 Å². The number of halogens is 4. The third-order valence-electron chi connectivity index (χ3n) is 8.82. The molecule has 0 saturated carbocycles. The van der Waals surface area contributed by atoms with Crippen LogP contribution in [0.4, 0.5) is 21.6 Å². The first-order valence-electron chi connectivity index (χ1n) is 15.5. The largest absolute Gasteiger partial charge is 0.335 e. The second-order valence-corrected chi connectivity index (χ2v) is 18.5. The van der Waals surface area contributed by atoms with E-state index in [1.807, 2.05) is 18.2 Å². The third kappa shape index (κ3) is 6.36. The number of nitrogens with one attached hydrogen (secondary N) is 2. The molecule has 1 saturated heterocycles. The highest BCUT2D eigenvalue weighted by molar-refractivity contribution is 8.30. The molecule has 4 heterocycles. The van der Waals surface area contributed by atoms with Gasteiger partial charge < -0.3 is 14.8 Å². The van der Waals surface area contributed by atoms with Crippen molar-refractivity contribution in [3.8, 4) is 5.82 Å². The average Bonchev–Trinajstić information content (AvgIpc) is 3.50.